The van der Waals surface area contributed by atoms with Crippen LogP contribution >= 0.6 is 11.8 Å². The molecule has 1 N–H and O–H groups in total. The lowest BCUT2D eigenvalue weighted by atomic mass is 10.1. The van der Waals surface area contributed by atoms with Crippen molar-refractivity contribution in [2.45, 2.75) is 32.4 Å². The predicted octanol–water partition coefficient (Wildman–Crippen LogP) is 1.29. The monoisotopic (exact) mass is 203 g/mol. The Kier molecular flexibility index (Phi) is 4.06. The molecule has 0 aliphatic carbocycles. The number of aliphatic carboxylic acids is 1. The highest BCUT2D eigenvalue weighted by Crippen LogP contribution is 2.23. The van der Waals surface area contributed by atoms with E-state index in [2.05, 4.69) is 4.90 Å². The Balaban J connectivity index is 2.54. The van der Waals surface area contributed by atoms with E-state index in [1.807, 2.05) is 18.7 Å². The highest BCUT2D eigenvalue weighted by atomic mass is 32.2. The molecule has 1 saturated heterocycles. The average Bonchev–Trinajstić information content (AvgIpc) is 2.58. The SMILES string of the molecule is CCN([C@@H]1CCSC1)[C@H](C)C(=O)O. The third kappa shape index (κ3) is 2.61. The summed E-state index contributed by atoms with van der Waals surface area (Å²) < 4.78 is 0. The van der Waals surface area contributed by atoms with Gasteiger partial charge in [-0.1, -0.05) is 6.92 Å². The predicted molar refractivity (Wildman–Crippen MR) is 55.2 cm³/mol. The van der Waals surface area contributed by atoms with E-state index in [-0.39, 0.29) is 6.04 Å². The van der Waals surface area contributed by atoms with Crippen LogP contribution in [0.15, 0.2) is 0 Å². The zero-order valence-corrected chi connectivity index (χ0v) is 9.01. The van der Waals surface area contributed by atoms with E-state index in [4.69, 9.17) is 5.11 Å². The smallest absolute Gasteiger partial charge is 0.320 e. The van der Waals surface area contributed by atoms with E-state index in [1.165, 1.54) is 5.75 Å². The summed E-state index contributed by atoms with van der Waals surface area (Å²) in [6.07, 6.45) is 1.14. The number of carboxylic acid groups (broad SMARTS) is 1. The fraction of sp³-hybridized carbons (Fsp3) is 0.889. The summed E-state index contributed by atoms with van der Waals surface area (Å²) in [6, 6.07) is 0.134. The number of hydrogen-bond donors (Lipinski definition) is 1. The maximum absolute atomic E-state index is 10.8. The van der Waals surface area contributed by atoms with Crippen molar-refractivity contribution in [1.29, 1.82) is 0 Å². The van der Waals surface area contributed by atoms with Gasteiger partial charge in [-0.05, 0) is 25.6 Å². The van der Waals surface area contributed by atoms with Crippen molar-refractivity contribution in [3.8, 4) is 0 Å². The summed E-state index contributed by atoms with van der Waals surface area (Å²) in [5.74, 6) is 1.55. The zero-order valence-electron chi connectivity index (χ0n) is 8.19. The standard InChI is InChI=1S/C9H17NO2S/c1-3-10(7(2)9(11)12)8-4-5-13-6-8/h7-8H,3-6H2,1-2H3,(H,11,12)/t7-,8-/m1/s1. The molecule has 13 heavy (non-hydrogen) atoms. The molecule has 0 aromatic carbocycles. The average molecular weight is 203 g/mol. The number of likely N-dealkylation sites (N-methyl/N-ethyl adjacent to an activating group) is 1. The third-order valence-electron chi connectivity index (χ3n) is 2.59. The van der Waals surface area contributed by atoms with Gasteiger partial charge >= 0.3 is 5.97 Å². The molecule has 0 amide bonds. The maximum Gasteiger partial charge on any atom is 0.320 e. The topological polar surface area (TPSA) is 40.5 Å². The van der Waals surface area contributed by atoms with Gasteiger partial charge in [-0.3, -0.25) is 9.69 Å². The number of rotatable bonds is 4. The van der Waals surface area contributed by atoms with Gasteiger partial charge in [0, 0.05) is 11.8 Å². The van der Waals surface area contributed by atoms with Gasteiger partial charge in [0.25, 0.3) is 0 Å². The minimum Gasteiger partial charge on any atom is -0.480 e. The Hall–Kier alpha value is -0.220. The van der Waals surface area contributed by atoms with Gasteiger partial charge in [0.15, 0.2) is 0 Å². The van der Waals surface area contributed by atoms with Crippen LogP contribution in [0.25, 0.3) is 0 Å². The molecular weight excluding hydrogens is 186 g/mol. The Morgan fingerprint density at radius 2 is 2.46 bits per heavy atom. The molecule has 1 rings (SSSR count). The van der Waals surface area contributed by atoms with E-state index in [9.17, 15) is 4.79 Å². The first-order valence-electron chi connectivity index (χ1n) is 4.73. The van der Waals surface area contributed by atoms with Crippen molar-refractivity contribution in [2.24, 2.45) is 0 Å². The van der Waals surface area contributed by atoms with E-state index < -0.39 is 5.97 Å². The molecule has 0 bridgehead atoms. The molecule has 0 saturated carbocycles. The number of nitrogens with zero attached hydrogens (tertiary/aromatic N) is 1. The summed E-state index contributed by atoms with van der Waals surface area (Å²) in [6.45, 7) is 4.63. The Morgan fingerprint density at radius 3 is 2.85 bits per heavy atom. The molecule has 0 aromatic heterocycles. The molecule has 3 nitrogen and oxygen atoms in total. The minimum atomic E-state index is -0.709. The molecule has 0 radical (unpaired) electrons. The van der Waals surface area contributed by atoms with E-state index in [0.717, 1.165) is 18.7 Å². The molecule has 0 unspecified atom stereocenters. The van der Waals surface area contributed by atoms with Gasteiger partial charge in [0.1, 0.15) is 6.04 Å². The minimum absolute atomic E-state index is 0.339. The van der Waals surface area contributed by atoms with Gasteiger partial charge in [0.2, 0.25) is 0 Å². The second-order valence-electron chi connectivity index (χ2n) is 3.36. The van der Waals surface area contributed by atoms with Crippen LogP contribution in [0, 0.1) is 0 Å². The molecule has 0 aromatic rings. The Bertz CT molecular complexity index is 180. The second kappa shape index (κ2) is 4.86. The maximum atomic E-state index is 10.8. The summed E-state index contributed by atoms with van der Waals surface area (Å²) in [7, 11) is 0. The van der Waals surface area contributed by atoms with Crippen LogP contribution < -0.4 is 0 Å². The molecule has 2 atom stereocenters. The molecule has 1 aliphatic rings. The lowest BCUT2D eigenvalue weighted by Gasteiger charge is -2.30. The van der Waals surface area contributed by atoms with Crippen LogP contribution in [-0.2, 0) is 4.79 Å². The molecule has 1 heterocycles. The number of hydrogen-bond acceptors (Lipinski definition) is 3. The lowest BCUT2D eigenvalue weighted by molar-refractivity contribution is -0.143. The van der Waals surface area contributed by atoms with Crippen molar-refractivity contribution < 1.29 is 9.90 Å². The first kappa shape index (κ1) is 10.9. The van der Waals surface area contributed by atoms with Crippen molar-refractivity contribution in [1.82, 2.24) is 4.90 Å². The third-order valence-corrected chi connectivity index (χ3v) is 3.74. The van der Waals surface area contributed by atoms with Crippen molar-refractivity contribution in [2.75, 3.05) is 18.1 Å². The second-order valence-corrected chi connectivity index (χ2v) is 4.51. The largest absolute Gasteiger partial charge is 0.480 e. The molecule has 76 valence electrons. The van der Waals surface area contributed by atoms with Crippen molar-refractivity contribution in [3.05, 3.63) is 0 Å². The van der Waals surface area contributed by atoms with Gasteiger partial charge in [-0.15, -0.1) is 0 Å². The van der Waals surface area contributed by atoms with Gasteiger partial charge < -0.3 is 5.11 Å². The normalized spacial score (nSPS) is 25.0. The van der Waals surface area contributed by atoms with Gasteiger partial charge in [-0.25, -0.2) is 0 Å². The summed E-state index contributed by atoms with van der Waals surface area (Å²) in [5, 5.41) is 8.90. The van der Waals surface area contributed by atoms with Crippen LogP contribution in [-0.4, -0.2) is 46.1 Å². The van der Waals surface area contributed by atoms with E-state index >= 15 is 0 Å². The number of carbonyl (C=O) groups is 1. The van der Waals surface area contributed by atoms with Crippen LogP contribution in [0.2, 0.25) is 0 Å². The summed E-state index contributed by atoms with van der Waals surface area (Å²) in [4.78, 5) is 12.9. The molecule has 0 spiro atoms. The van der Waals surface area contributed by atoms with E-state index in [0.29, 0.717) is 6.04 Å². The summed E-state index contributed by atoms with van der Waals surface area (Å²) >= 11 is 1.92. The quantitative estimate of drug-likeness (QED) is 0.747. The number of carboxylic acids is 1. The molecule has 1 fully saturated rings. The highest BCUT2D eigenvalue weighted by Gasteiger charge is 2.28. The molecule has 4 heteroatoms. The fourth-order valence-corrected chi connectivity index (χ4v) is 3.01. The van der Waals surface area contributed by atoms with Crippen LogP contribution in [0.4, 0.5) is 0 Å². The first-order valence-corrected chi connectivity index (χ1v) is 5.88. The van der Waals surface area contributed by atoms with Crippen molar-refractivity contribution >= 4 is 17.7 Å². The van der Waals surface area contributed by atoms with Crippen molar-refractivity contribution in [3.63, 3.8) is 0 Å². The highest BCUT2D eigenvalue weighted by molar-refractivity contribution is 7.99. The Labute approximate surface area is 83.5 Å². The van der Waals surface area contributed by atoms with Crippen LogP contribution in [0.1, 0.15) is 20.3 Å². The van der Waals surface area contributed by atoms with Gasteiger partial charge in [-0.2, -0.15) is 11.8 Å². The Morgan fingerprint density at radius 1 is 1.77 bits per heavy atom. The van der Waals surface area contributed by atoms with Crippen LogP contribution in [0.3, 0.4) is 0 Å². The molecular formula is C9H17NO2S. The van der Waals surface area contributed by atoms with Crippen LogP contribution in [0.5, 0.6) is 0 Å². The first-order chi connectivity index (χ1) is 6.16. The molecule has 1 aliphatic heterocycles. The lowest BCUT2D eigenvalue weighted by Crippen LogP contribution is -2.45. The van der Waals surface area contributed by atoms with E-state index in [1.54, 1.807) is 6.92 Å². The summed E-state index contributed by atoms with van der Waals surface area (Å²) in [5.41, 5.74) is 0. The fourth-order valence-electron chi connectivity index (χ4n) is 1.77. The zero-order chi connectivity index (χ0) is 9.84. The number of thioether (sulfide) groups is 1. The van der Waals surface area contributed by atoms with Gasteiger partial charge in [0.05, 0.1) is 0 Å².